The van der Waals surface area contributed by atoms with Crippen LogP contribution >= 0.6 is 15.9 Å². The molecule has 0 fully saturated rings. The predicted molar refractivity (Wildman–Crippen MR) is 71.6 cm³/mol. The molecule has 1 atom stereocenters. The number of nitrogens with one attached hydrogen (secondary N) is 2. The zero-order valence-electron chi connectivity index (χ0n) is 9.96. The Kier molecular flexibility index (Phi) is 5.37. The summed E-state index contributed by atoms with van der Waals surface area (Å²) in [6.45, 7) is 4.05. The van der Waals surface area contributed by atoms with Gasteiger partial charge < -0.3 is 10.7 Å². The molecule has 4 N–H and O–H groups in total. The minimum atomic E-state index is -0.173. The Morgan fingerprint density at radius 2 is 2.35 bits per heavy atom. The molecule has 0 bridgehead atoms. The van der Waals surface area contributed by atoms with E-state index in [1.807, 2.05) is 6.92 Å². The van der Waals surface area contributed by atoms with Crippen molar-refractivity contribution in [3.63, 3.8) is 0 Å². The van der Waals surface area contributed by atoms with Crippen LogP contribution in [0.15, 0.2) is 16.7 Å². The van der Waals surface area contributed by atoms with Gasteiger partial charge in [-0.15, -0.1) is 0 Å². The first-order chi connectivity index (χ1) is 8.08. The molecule has 1 aromatic rings. The fraction of sp³-hybridized carbons (Fsp3) is 0.455. The molecule has 0 saturated heterocycles. The number of nitrogens with two attached hydrogens (primary N) is 1. The molecule has 17 heavy (non-hydrogen) atoms. The minimum Gasteiger partial charge on any atom is -0.349 e. The number of nitrogens with zero attached hydrogens (tertiary/aromatic N) is 1. The molecule has 0 aliphatic heterocycles. The van der Waals surface area contributed by atoms with E-state index in [4.69, 9.17) is 5.84 Å². The summed E-state index contributed by atoms with van der Waals surface area (Å²) in [5.41, 5.74) is 2.85. The molecule has 0 spiro atoms. The standard InChI is InChI=1S/C11H17BrN4O/c1-3-4-7(2)15-11(17)9-5-8(12)6-14-10(9)16-13/h5-7H,3-4,13H2,1-2H3,(H,14,16)(H,15,17). The van der Waals surface area contributed by atoms with E-state index >= 15 is 0 Å². The topological polar surface area (TPSA) is 80.0 Å². The molecule has 1 unspecified atom stereocenters. The zero-order chi connectivity index (χ0) is 12.8. The van der Waals surface area contributed by atoms with Crippen molar-refractivity contribution in [2.45, 2.75) is 32.7 Å². The van der Waals surface area contributed by atoms with Crippen LogP contribution in [0.5, 0.6) is 0 Å². The molecule has 5 nitrogen and oxygen atoms in total. The minimum absolute atomic E-state index is 0.136. The van der Waals surface area contributed by atoms with Crippen LogP contribution in [0.2, 0.25) is 0 Å². The molecular formula is C11H17BrN4O. The van der Waals surface area contributed by atoms with E-state index in [9.17, 15) is 4.79 Å². The number of hydrogen-bond acceptors (Lipinski definition) is 4. The average Bonchev–Trinajstić information content (AvgIpc) is 2.29. The van der Waals surface area contributed by atoms with Crippen LogP contribution in [0.3, 0.4) is 0 Å². The van der Waals surface area contributed by atoms with Gasteiger partial charge in [-0.3, -0.25) is 4.79 Å². The molecule has 0 radical (unpaired) electrons. The van der Waals surface area contributed by atoms with Gasteiger partial charge in [0, 0.05) is 16.7 Å². The van der Waals surface area contributed by atoms with Crippen molar-refractivity contribution < 1.29 is 4.79 Å². The van der Waals surface area contributed by atoms with Crippen molar-refractivity contribution in [3.05, 3.63) is 22.3 Å². The molecule has 1 rings (SSSR count). The van der Waals surface area contributed by atoms with Crippen LogP contribution in [-0.4, -0.2) is 16.9 Å². The maximum absolute atomic E-state index is 12.0. The van der Waals surface area contributed by atoms with Crippen molar-refractivity contribution in [2.75, 3.05) is 5.43 Å². The Morgan fingerprint density at radius 3 is 2.94 bits per heavy atom. The van der Waals surface area contributed by atoms with Crippen LogP contribution in [0.4, 0.5) is 5.82 Å². The molecule has 6 heteroatoms. The van der Waals surface area contributed by atoms with Gasteiger partial charge in [-0.1, -0.05) is 13.3 Å². The van der Waals surface area contributed by atoms with E-state index < -0.39 is 0 Å². The lowest BCUT2D eigenvalue weighted by Gasteiger charge is -2.14. The Bertz CT molecular complexity index is 397. The van der Waals surface area contributed by atoms with Gasteiger partial charge in [0.1, 0.15) is 0 Å². The number of amides is 1. The van der Waals surface area contributed by atoms with Crippen LogP contribution < -0.4 is 16.6 Å². The summed E-state index contributed by atoms with van der Waals surface area (Å²) in [7, 11) is 0. The zero-order valence-corrected chi connectivity index (χ0v) is 11.5. The normalized spacial score (nSPS) is 12.0. The fourth-order valence-corrected chi connectivity index (χ4v) is 1.87. The third-order valence-electron chi connectivity index (χ3n) is 2.33. The second kappa shape index (κ2) is 6.56. The van der Waals surface area contributed by atoms with E-state index in [0.717, 1.165) is 17.3 Å². The van der Waals surface area contributed by atoms with Crippen molar-refractivity contribution in [3.8, 4) is 0 Å². The Labute approximate surface area is 109 Å². The molecule has 1 aromatic heterocycles. The first-order valence-corrected chi connectivity index (χ1v) is 6.30. The highest BCUT2D eigenvalue weighted by molar-refractivity contribution is 9.10. The molecule has 0 saturated carbocycles. The van der Waals surface area contributed by atoms with Crippen molar-refractivity contribution in [2.24, 2.45) is 5.84 Å². The van der Waals surface area contributed by atoms with Crippen LogP contribution in [0.25, 0.3) is 0 Å². The summed E-state index contributed by atoms with van der Waals surface area (Å²) in [6, 6.07) is 1.83. The highest BCUT2D eigenvalue weighted by Gasteiger charge is 2.14. The maximum Gasteiger partial charge on any atom is 0.255 e. The quantitative estimate of drug-likeness (QED) is 0.574. The smallest absolute Gasteiger partial charge is 0.255 e. The second-order valence-corrected chi connectivity index (χ2v) is 4.77. The number of pyridine rings is 1. The van der Waals surface area contributed by atoms with E-state index in [2.05, 4.69) is 38.6 Å². The van der Waals surface area contributed by atoms with Gasteiger partial charge in [0.15, 0.2) is 5.82 Å². The predicted octanol–water partition coefficient (Wildman–Crippen LogP) is 2.05. The van der Waals surface area contributed by atoms with Gasteiger partial charge in [-0.05, 0) is 35.3 Å². The second-order valence-electron chi connectivity index (χ2n) is 3.86. The lowest BCUT2D eigenvalue weighted by atomic mass is 10.1. The van der Waals surface area contributed by atoms with Crippen LogP contribution in [-0.2, 0) is 0 Å². The summed E-state index contributed by atoms with van der Waals surface area (Å²) in [6.07, 6.45) is 3.56. The summed E-state index contributed by atoms with van der Waals surface area (Å²) >= 11 is 3.28. The summed E-state index contributed by atoms with van der Waals surface area (Å²) in [4.78, 5) is 16.0. The van der Waals surface area contributed by atoms with Crippen molar-refractivity contribution in [1.29, 1.82) is 0 Å². The summed E-state index contributed by atoms with van der Waals surface area (Å²) < 4.78 is 0.741. The number of anilines is 1. The summed E-state index contributed by atoms with van der Waals surface area (Å²) in [5.74, 6) is 5.52. The molecule has 1 amide bonds. The van der Waals surface area contributed by atoms with E-state index in [0.29, 0.717) is 11.4 Å². The number of hydrogen-bond donors (Lipinski definition) is 3. The molecular weight excluding hydrogens is 284 g/mol. The maximum atomic E-state index is 12.0. The van der Waals surface area contributed by atoms with Crippen molar-refractivity contribution >= 4 is 27.7 Å². The summed E-state index contributed by atoms with van der Waals surface area (Å²) in [5, 5.41) is 2.90. The highest BCUT2D eigenvalue weighted by Crippen LogP contribution is 2.17. The fourth-order valence-electron chi connectivity index (χ4n) is 1.53. The van der Waals surface area contributed by atoms with Gasteiger partial charge in [0.2, 0.25) is 0 Å². The lowest BCUT2D eigenvalue weighted by Crippen LogP contribution is -2.33. The monoisotopic (exact) mass is 300 g/mol. The van der Waals surface area contributed by atoms with E-state index in [-0.39, 0.29) is 11.9 Å². The number of carbonyl (C=O) groups is 1. The molecule has 1 heterocycles. The van der Waals surface area contributed by atoms with E-state index in [1.54, 1.807) is 12.3 Å². The number of carbonyl (C=O) groups excluding carboxylic acids is 1. The molecule has 0 aliphatic rings. The molecule has 0 aliphatic carbocycles. The largest absolute Gasteiger partial charge is 0.349 e. The number of rotatable bonds is 5. The number of aromatic nitrogens is 1. The molecule has 94 valence electrons. The number of hydrazine groups is 1. The Hall–Kier alpha value is -1.14. The van der Waals surface area contributed by atoms with Gasteiger partial charge in [-0.2, -0.15) is 0 Å². The number of halogens is 1. The van der Waals surface area contributed by atoms with Crippen LogP contribution in [0, 0.1) is 0 Å². The first-order valence-electron chi connectivity index (χ1n) is 5.51. The number of nitrogen functional groups attached to an aromatic ring is 1. The highest BCUT2D eigenvalue weighted by atomic mass is 79.9. The Balaban J connectivity index is 2.83. The SMILES string of the molecule is CCCC(C)NC(=O)c1cc(Br)cnc1NN. The van der Waals surface area contributed by atoms with Gasteiger partial charge in [-0.25, -0.2) is 10.8 Å². The lowest BCUT2D eigenvalue weighted by molar-refractivity contribution is 0.0938. The van der Waals surface area contributed by atoms with Gasteiger partial charge >= 0.3 is 0 Å². The first kappa shape index (κ1) is 13.9. The molecule has 0 aromatic carbocycles. The van der Waals surface area contributed by atoms with E-state index in [1.165, 1.54) is 0 Å². The van der Waals surface area contributed by atoms with Gasteiger partial charge in [0.05, 0.1) is 5.56 Å². The van der Waals surface area contributed by atoms with Crippen molar-refractivity contribution in [1.82, 2.24) is 10.3 Å². The van der Waals surface area contributed by atoms with Crippen LogP contribution in [0.1, 0.15) is 37.0 Å². The van der Waals surface area contributed by atoms with Gasteiger partial charge in [0.25, 0.3) is 5.91 Å². The third-order valence-corrected chi connectivity index (χ3v) is 2.77. The Morgan fingerprint density at radius 1 is 1.65 bits per heavy atom. The third kappa shape index (κ3) is 3.98. The average molecular weight is 301 g/mol.